The topological polar surface area (TPSA) is 44.5 Å². The first kappa shape index (κ1) is 11.4. The van der Waals surface area contributed by atoms with Gasteiger partial charge in [0.25, 0.3) is 0 Å². The molecule has 88 valence electrons. The van der Waals surface area contributed by atoms with Crippen molar-refractivity contribution in [2.75, 3.05) is 13.2 Å². The Labute approximate surface area is 94.3 Å². The summed E-state index contributed by atoms with van der Waals surface area (Å²) in [5.74, 6) is 0.247. The Hall–Kier alpha value is -1.13. The van der Waals surface area contributed by atoms with Gasteiger partial charge in [-0.25, -0.2) is 4.39 Å². The quantitative estimate of drug-likeness (QED) is 0.832. The lowest BCUT2D eigenvalue weighted by Crippen LogP contribution is -2.46. The molecule has 1 aromatic rings. The standard InChI is InChI=1S/C12H16FNO2/c1-8-2-3-9(13)6-11(8)16-12-7-15-5-4-10(12)14/h2-3,6,10,12H,4-5,7,14H2,1H3. The number of benzene rings is 1. The molecular weight excluding hydrogens is 209 g/mol. The first-order valence-corrected chi connectivity index (χ1v) is 5.43. The van der Waals surface area contributed by atoms with E-state index in [1.807, 2.05) is 6.92 Å². The molecule has 3 nitrogen and oxygen atoms in total. The zero-order valence-corrected chi connectivity index (χ0v) is 9.28. The smallest absolute Gasteiger partial charge is 0.137 e. The van der Waals surface area contributed by atoms with E-state index in [2.05, 4.69) is 0 Å². The summed E-state index contributed by atoms with van der Waals surface area (Å²) in [5, 5.41) is 0. The van der Waals surface area contributed by atoms with Crippen molar-refractivity contribution in [3.8, 4) is 5.75 Å². The van der Waals surface area contributed by atoms with Crippen LogP contribution in [-0.2, 0) is 4.74 Å². The van der Waals surface area contributed by atoms with Crippen LogP contribution in [0.1, 0.15) is 12.0 Å². The van der Waals surface area contributed by atoms with Crippen LogP contribution in [0.5, 0.6) is 5.75 Å². The highest BCUT2D eigenvalue weighted by Crippen LogP contribution is 2.22. The van der Waals surface area contributed by atoms with Crippen molar-refractivity contribution in [2.24, 2.45) is 5.73 Å². The van der Waals surface area contributed by atoms with E-state index in [0.29, 0.717) is 19.0 Å². The molecule has 16 heavy (non-hydrogen) atoms. The summed E-state index contributed by atoms with van der Waals surface area (Å²) in [6.45, 7) is 3.02. The predicted octanol–water partition coefficient (Wildman–Crippen LogP) is 1.63. The Balaban J connectivity index is 2.10. The number of aryl methyl sites for hydroxylation is 1. The minimum absolute atomic E-state index is 0.0450. The maximum atomic E-state index is 13.1. The van der Waals surface area contributed by atoms with Crippen molar-refractivity contribution in [2.45, 2.75) is 25.5 Å². The third-order valence-corrected chi connectivity index (χ3v) is 2.78. The van der Waals surface area contributed by atoms with Crippen LogP contribution < -0.4 is 10.5 Å². The highest BCUT2D eigenvalue weighted by molar-refractivity contribution is 5.33. The van der Waals surface area contributed by atoms with Gasteiger partial charge in [-0.05, 0) is 25.0 Å². The third kappa shape index (κ3) is 2.51. The molecule has 2 atom stereocenters. The number of ether oxygens (including phenoxy) is 2. The Kier molecular flexibility index (Phi) is 3.41. The third-order valence-electron chi connectivity index (χ3n) is 2.78. The van der Waals surface area contributed by atoms with Gasteiger partial charge in [0.05, 0.1) is 6.61 Å². The largest absolute Gasteiger partial charge is 0.486 e. The van der Waals surface area contributed by atoms with Crippen LogP contribution in [0.3, 0.4) is 0 Å². The van der Waals surface area contributed by atoms with Crippen molar-refractivity contribution in [1.82, 2.24) is 0 Å². The molecule has 2 N–H and O–H groups in total. The Morgan fingerprint density at radius 1 is 1.50 bits per heavy atom. The summed E-state index contributed by atoms with van der Waals surface area (Å²) in [7, 11) is 0. The van der Waals surface area contributed by atoms with E-state index in [1.165, 1.54) is 12.1 Å². The fraction of sp³-hybridized carbons (Fsp3) is 0.500. The van der Waals surface area contributed by atoms with Crippen LogP contribution in [0, 0.1) is 12.7 Å². The molecule has 1 heterocycles. The lowest BCUT2D eigenvalue weighted by molar-refractivity contribution is -0.00569. The number of halogens is 1. The van der Waals surface area contributed by atoms with Crippen LogP contribution in [0.25, 0.3) is 0 Å². The van der Waals surface area contributed by atoms with Gasteiger partial charge in [-0.2, -0.15) is 0 Å². The maximum absolute atomic E-state index is 13.1. The minimum Gasteiger partial charge on any atom is -0.486 e. The fourth-order valence-electron chi connectivity index (χ4n) is 1.71. The SMILES string of the molecule is Cc1ccc(F)cc1OC1COCCC1N. The van der Waals surface area contributed by atoms with Crippen LogP contribution in [0.4, 0.5) is 4.39 Å². The minimum atomic E-state index is -0.300. The molecule has 1 aromatic carbocycles. The summed E-state index contributed by atoms with van der Waals surface area (Å²) in [6, 6.07) is 4.45. The summed E-state index contributed by atoms with van der Waals surface area (Å²) in [4.78, 5) is 0. The molecule has 0 aromatic heterocycles. The normalized spacial score (nSPS) is 25.4. The second-order valence-electron chi connectivity index (χ2n) is 4.09. The molecule has 0 aliphatic carbocycles. The van der Waals surface area contributed by atoms with Crippen molar-refractivity contribution in [1.29, 1.82) is 0 Å². The van der Waals surface area contributed by atoms with Crippen molar-refractivity contribution in [3.05, 3.63) is 29.6 Å². The Morgan fingerprint density at radius 3 is 3.06 bits per heavy atom. The zero-order valence-electron chi connectivity index (χ0n) is 9.28. The lowest BCUT2D eigenvalue weighted by Gasteiger charge is -2.29. The number of hydrogen-bond acceptors (Lipinski definition) is 3. The number of rotatable bonds is 2. The average molecular weight is 225 g/mol. The summed E-state index contributed by atoms with van der Waals surface area (Å²) in [5.41, 5.74) is 6.82. The molecule has 0 radical (unpaired) electrons. The van der Waals surface area contributed by atoms with E-state index in [9.17, 15) is 4.39 Å². The van der Waals surface area contributed by atoms with E-state index < -0.39 is 0 Å². The van der Waals surface area contributed by atoms with Gasteiger partial charge < -0.3 is 15.2 Å². The molecule has 0 amide bonds. The van der Waals surface area contributed by atoms with E-state index >= 15 is 0 Å². The summed E-state index contributed by atoms with van der Waals surface area (Å²) < 4.78 is 24.0. The zero-order chi connectivity index (χ0) is 11.5. The van der Waals surface area contributed by atoms with Crippen molar-refractivity contribution >= 4 is 0 Å². The molecule has 2 unspecified atom stereocenters. The molecule has 1 fully saturated rings. The van der Waals surface area contributed by atoms with Gasteiger partial charge in [-0.15, -0.1) is 0 Å². The van der Waals surface area contributed by atoms with E-state index in [1.54, 1.807) is 6.07 Å². The molecule has 4 heteroatoms. The molecule has 1 aliphatic heterocycles. The van der Waals surface area contributed by atoms with Gasteiger partial charge in [0, 0.05) is 18.7 Å². The fourth-order valence-corrected chi connectivity index (χ4v) is 1.71. The Bertz CT molecular complexity index is 370. The van der Waals surface area contributed by atoms with Gasteiger partial charge in [0.1, 0.15) is 17.7 Å². The highest BCUT2D eigenvalue weighted by atomic mass is 19.1. The lowest BCUT2D eigenvalue weighted by atomic mass is 10.1. The number of hydrogen-bond donors (Lipinski definition) is 1. The Morgan fingerprint density at radius 2 is 2.31 bits per heavy atom. The molecule has 1 saturated heterocycles. The van der Waals surface area contributed by atoms with Crippen molar-refractivity contribution in [3.63, 3.8) is 0 Å². The van der Waals surface area contributed by atoms with Crippen molar-refractivity contribution < 1.29 is 13.9 Å². The summed E-state index contributed by atoms with van der Waals surface area (Å²) in [6.07, 6.45) is 0.591. The van der Waals surface area contributed by atoms with Gasteiger partial charge in [0.15, 0.2) is 0 Å². The first-order chi connectivity index (χ1) is 7.66. The van der Waals surface area contributed by atoms with Gasteiger partial charge >= 0.3 is 0 Å². The van der Waals surface area contributed by atoms with Crippen LogP contribution in [0.2, 0.25) is 0 Å². The van der Waals surface area contributed by atoms with Gasteiger partial charge in [-0.3, -0.25) is 0 Å². The molecule has 0 spiro atoms. The van der Waals surface area contributed by atoms with Crippen LogP contribution >= 0.6 is 0 Å². The second-order valence-corrected chi connectivity index (χ2v) is 4.09. The number of nitrogens with two attached hydrogens (primary N) is 1. The average Bonchev–Trinajstić information content (AvgIpc) is 2.27. The second kappa shape index (κ2) is 4.80. The van der Waals surface area contributed by atoms with Gasteiger partial charge in [0.2, 0.25) is 0 Å². The van der Waals surface area contributed by atoms with Crippen LogP contribution in [-0.4, -0.2) is 25.4 Å². The van der Waals surface area contributed by atoms with Crippen LogP contribution in [0.15, 0.2) is 18.2 Å². The van der Waals surface area contributed by atoms with E-state index in [4.69, 9.17) is 15.2 Å². The molecular formula is C12H16FNO2. The maximum Gasteiger partial charge on any atom is 0.137 e. The molecule has 1 aliphatic rings. The molecule has 2 rings (SSSR count). The summed E-state index contributed by atoms with van der Waals surface area (Å²) >= 11 is 0. The first-order valence-electron chi connectivity index (χ1n) is 5.43. The molecule has 0 bridgehead atoms. The van der Waals surface area contributed by atoms with E-state index in [0.717, 1.165) is 12.0 Å². The predicted molar refractivity (Wildman–Crippen MR) is 59.0 cm³/mol. The monoisotopic (exact) mass is 225 g/mol. The molecule has 0 saturated carbocycles. The van der Waals surface area contributed by atoms with Gasteiger partial charge in [-0.1, -0.05) is 6.07 Å². The van der Waals surface area contributed by atoms with E-state index in [-0.39, 0.29) is 18.0 Å². The highest BCUT2D eigenvalue weighted by Gasteiger charge is 2.24.